The SMILES string of the molecule is O=C(Cc1ccccc1F)N1CCCC(Oc2cccnn2)C1. The van der Waals surface area contributed by atoms with Gasteiger partial charge in [0.2, 0.25) is 11.8 Å². The van der Waals surface area contributed by atoms with Crippen LogP contribution in [0.3, 0.4) is 0 Å². The summed E-state index contributed by atoms with van der Waals surface area (Å²) in [4.78, 5) is 14.1. The summed E-state index contributed by atoms with van der Waals surface area (Å²) in [7, 11) is 0. The molecule has 0 radical (unpaired) electrons. The van der Waals surface area contributed by atoms with Crippen molar-refractivity contribution in [1.29, 1.82) is 0 Å². The fraction of sp³-hybridized carbons (Fsp3) is 0.353. The summed E-state index contributed by atoms with van der Waals surface area (Å²) in [5.41, 5.74) is 0.425. The van der Waals surface area contributed by atoms with E-state index in [4.69, 9.17) is 4.74 Å². The molecule has 2 heterocycles. The first-order chi connectivity index (χ1) is 11.2. The van der Waals surface area contributed by atoms with Crippen LogP contribution in [-0.2, 0) is 11.2 Å². The highest BCUT2D eigenvalue weighted by molar-refractivity contribution is 5.79. The number of ether oxygens (including phenoxy) is 1. The number of piperidine rings is 1. The van der Waals surface area contributed by atoms with E-state index in [1.165, 1.54) is 6.07 Å². The number of hydrogen-bond donors (Lipinski definition) is 0. The van der Waals surface area contributed by atoms with Crippen molar-refractivity contribution in [3.63, 3.8) is 0 Å². The summed E-state index contributed by atoms with van der Waals surface area (Å²) in [6.45, 7) is 1.16. The summed E-state index contributed by atoms with van der Waals surface area (Å²) < 4.78 is 19.4. The van der Waals surface area contributed by atoms with Crippen LogP contribution in [0, 0.1) is 5.82 Å². The number of nitrogens with zero attached hydrogens (tertiary/aromatic N) is 3. The molecule has 1 atom stereocenters. The first-order valence-electron chi connectivity index (χ1n) is 7.68. The van der Waals surface area contributed by atoms with Gasteiger partial charge in [-0.1, -0.05) is 18.2 Å². The van der Waals surface area contributed by atoms with Crippen LogP contribution in [-0.4, -0.2) is 40.2 Å². The minimum absolute atomic E-state index is 0.0739. The first-order valence-corrected chi connectivity index (χ1v) is 7.68. The number of hydrogen-bond acceptors (Lipinski definition) is 4. The molecule has 6 heteroatoms. The Labute approximate surface area is 134 Å². The zero-order valence-electron chi connectivity index (χ0n) is 12.7. The third-order valence-electron chi connectivity index (χ3n) is 3.87. The quantitative estimate of drug-likeness (QED) is 0.868. The predicted octanol–water partition coefficient (Wildman–Crippen LogP) is 2.23. The Bertz CT molecular complexity index is 666. The van der Waals surface area contributed by atoms with Gasteiger partial charge in [-0.3, -0.25) is 4.79 Å². The van der Waals surface area contributed by atoms with Gasteiger partial charge in [-0.15, -0.1) is 5.10 Å². The topological polar surface area (TPSA) is 55.3 Å². The number of amides is 1. The lowest BCUT2D eigenvalue weighted by atomic mass is 10.1. The summed E-state index contributed by atoms with van der Waals surface area (Å²) >= 11 is 0. The van der Waals surface area contributed by atoms with E-state index in [0.717, 1.165) is 12.8 Å². The third kappa shape index (κ3) is 4.03. The zero-order chi connectivity index (χ0) is 16.1. The van der Waals surface area contributed by atoms with Gasteiger partial charge in [-0.05, 0) is 30.5 Å². The molecule has 1 aliphatic heterocycles. The van der Waals surface area contributed by atoms with Crippen molar-refractivity contribution in [3.05, 3.63) is 54.0 Å². The minimum atomic E-state index is -0.342. The lowest BCUT2D eigenvalue weighted by Gasteiger charge is -2.32. The summed E-state index contributed by atoms with van der Waals surface area (Å²) in [5, 5.41) is 7.67. The van der Waals surface area contributed by atoms with Gasteiger partial charge in [-0.25, -0.2) is 4.39 Å². The molecule has 2 aromatic rings. The molecule has 0 bridgehead atoms. The van der Waals surface area contributed by atoms with Gasteiger partial charge in [-0.2, -0.15) is 5.10 Å². The summed E-state index contributed by atoms with van der Waals surface area (Å²) in [6.07, 6.45) is 3.27. The molecule has 120 valence electrons. The monoisotopic (exact) mass is 315 g/mol. The van der Waals surface area contributed by atoms with E-state index in [2.05, 4.69) is 10.2 Å². The highest BCUT2D eigenvalue weighted by atomic mass is 19.1. The van der Waals surface area contributed by atoms with E-state index in [0.29, 0.717) is 24.5 Å². The molecule has 5 nitrogen and oxygen atoms in total. The Hall–Kier alpha value is -2.50. The van der Waals surface area contributed by atoms with Crippen LogP contribution in [0.4, 0.5) is 4.39 Å². The van der Waals surface area contributed by atoms with Crippen molar-refractivity contribution < 1.29 is 13.9 Å². The number of carbonyl (C=O) groups excluding carboxylic acids is 1. The van der Waals surface area contributed by atoms with Gasteiger partial charge in [0.15, 0.2) is 0 Å². The maximum Gasteiger partial charge on any atom is 0.233 e. The molecule has 1 aliphatic rings. The Morgan fingerprint density at radius 2 is 2.17 bits per heavy atom. The minimum Gasteiger partial charge on any atom is -0.471 e. The fourth-order valence-corrected chi connectivity index (χ4v) is 2.70. The lowest BCUT2D eigenvalue weighted by molar-refractivity contribution is -0.133. The molecule has 1 unspecified atom stereocenters. The van der Waals surface area contributed by atoms with Crippen LogP contribution in [0.2, 0.25) is 0 Å². The predicted molar refractivity (Wildman–Crippen MR) is 82.4 cm³/mol. The molecule has 1 fully saturated rings. The van der Waals surface area contributed by atoms with Crippen molar-refractivity contribution >= 4 is 5.91 Å². The average Bonchev–Trinajstić information content (AvgIpc) is 2.58. The van der Waals surface area contributed by atoms with Crippen LogP contribution in [0.15, 0.2) is 42.6 Å². The molecule has 0 spiro atoms. The number of aromatic nitrogens is 2. The maximum atomic E-state index is 13.7. The van der Waals surface area contributed by atoms with E-state index in [-0.39, 0.29) is 24.2 Å². The fourth-order valence-electron chi connectivity index (χ4n) is 2.70. The van der Waals surface area contributed by atoms with Crippen molar-refractivity contribution in [2.24, 2.45) is 0 Å². The Kier molecular flexibility index (Phi) is 4.80. The van der Waals surface area contributed by atoms with E-state index < -0.39 is 0 Å². The van der Waals surface area contributed by atoms with Crippen LogP contribution < -0.4 is 4.74 Å². The molecular weight excluding hydrogens is 297 g/mol. The van der Waals surface area contributed by atoms with Crippen molar-refractivity contribution in [3.8, 4) is 5.88 Å². The second-order valence-corrected chi connectivity index (χ2v) is 5.55. The van der Waals surface area contributed by atoms with E-state index in [9.17, 15) is 9.18 Å². The molecule has 3 rings (SSSR count). The standard InChI is InChI=1S/C17H18FN3O2/c18-15-7-2-1-5-13(15)11-17(22)21-10-4-6-14(12-21)23-16-8-3-9-19-20-16/h1-3,5,7-9,14H,4,6,10-12H2. The smallest absolute Gasteiger partial charge is 0.233 e. The zero-order valence-corrected chi connectivity index (χ0v) is 12.7. The van der Waals surface area contributed by atoms with Crippen molar-refractivity contribution in [2.45, 2.75) is 25.4 Å². The number of halogens is 1. The Morgan fingerprint density at radius 3 is 2.96 bits per heavy atom. The molecule has 23 heavy (non-hydrogen) atoms. The lowest BCUT2D eigenvalue weighted by Crippen LogP contribution is -2.45. The van der Waals surface area contributed by atoms with Gasteiger partial charge >= 0.3 is 0 Å². The van der Waals surface area contributed by atoms with Gasteiger partial charge in [0, 0.05) is 18.8 Å². The molecule has 0 N–H and O–H groups in total. The highest BCUT2D eigenvalue weighted by Gasteiger charge is 2.25. The molecule has 1 aromatic heterocycles. The van der Waals surface area contributed by atoms with Gasteiger partial charge < -0.3 is 9.64 Å². The van der Waals surface area contributed by atoms with Crippen molar-refractivity contribution in [2.75, 3.05) is 13.1 Å². The first kappa shape index (κ1) is 15.4. The molecule has 0 aliphatic carbocycles. The number of benzene rings is 1. The van der Waals surface area contributed by atoms with Crippen LogP contribution in [0.1, 0.15) is 18.4 Å². The summed E-state index contributed by atoms with van der Waals surface area (Å²) in [5.74, 6) is 0.0358. The largest absolute Gasteiger partial charge is 0.471 e. The number of carbonyl (C=O) groups is 1. The Morgan fingerprint density at radius 1 is 1.30 bits per heavy atom. The van der Waals surface area contributed by atoms with Gasteiger partial charge in [0.25, 0.3) is 0 Å². The normalized spacial score (nSPS) is 17.8. The van der Waals surface area contributed by atoms with Crippen LogP contribution >= 0.6 is 0 Å². The van der Waals surface area contributed by atoms with E-state index >= 15 is 0 Å². The number of likely N-dealkylation sites (tertiary alicyclic amines) is 1. The molecule has 1 aromatic carbocycles. The number of rotatable bonds is 4. The second-order valence-electron chi connectivity index (χ2n) is 5.55. The van der Waals surface area contributed by atoms with E-state index in [1.807, 2.05) is 0 Å². The maximum absolute atomic E-state index is 13.7. The van der Waals surface area contributed by atoms with Crippen molar-refractivity contribution in [1.82, 2.24) is 15.1 Å². The molecule has 1 saturated heterocycles. The van der Waals surface area contributed by atoms with Crippen LogP contribution in [0.5, 0.6) is 5.88 Å². The van der Waals surface area contributed by atoms with Gasteiger partial charge in [0.05, 0.1) is 13.0 Å². The molecular formula is C17H18FN3O2. The highest BCUT2D eigenvalue weighted by Crippen LogP contribution is 2.17. The average molecular weight is 315 g/mol. The third-order valence-corrected chi connectivity index (χ3v) is 3.87. The molecule has 0 saturated carbocycles. The van der Waals surface area contributed by atoms with Crippen LogP contribution in [0.25, 0.3) is 0 Å². The summed E-state index contributed by atoms with van der Waals surface area (Å²) in [6, 6.07) is 9.87. The molecule has 1 amide bonds. The van der Waals surface area contributed by atoms with Gasteiger partial charge in [0.1, 0.15) is 11.9 Å². The second kappa shape index (κ2) is 7.17. The van der Waals surface area contributed by atoms with E-state index in [1.54, 1.807) is 41.4 Å². The Balaban J connectivity index is 1.59.